The zero-order valence-electron chi connectivity index (χ0n) is 15.5. The molecule has 7 heteroatoms. The molecule has 0 unspecified atom stereocenters. The van der Waals surface area contributed by atoms with Crippen molar-refractivity contribution in [2.24, 2.45) is 0 Å². The van der Waals surface area contributed by atoms with Gasteiger partial charge < -0.3 is 19.4 Å². The third-order valence-corrected chi connectivity index (χ3v) is 4.99. The van der Waals surface area contributed by atoms with Crippen molar-refractivity contribution in [3.05, 3.63) is 23.7 Å². The van der Waals surface area contributed by atoms with E-state index >= 15 is 0 Å². The number of aryl methyl sites for hydroxylation is 1. The highest BCUT2D eigenvalue weighted by atomic mass is 16.5. The van der Waals surface area contributed by atoms with Crippen LogP contribution in [0.25, 0.3) is 0 Å². The molecule has 2 heterocycles. The second-order valence-corrected chi connectivity index (χ2v) is 7.03. The van der Waals surface area contributed by atoms with E-state index in [1.807, 2.05) is 4.90 Å². The Morgan fingerprint density at radius 1 is 1.31 bits per heavy atom. The molecule has 2 fully saturated rings. The van der Waals surface area contributed by atoms with Crippen LogP contribution < -0.4 is 5.32 Å². The monoisotopic (exact) mass is 363 g/mol. The van der Waals surface area contributed by atoms with Crippen LogP contribution in [-0.4, -0.2) is 73.6 Å². The normalized spacial score (nSPS) is 17.9. The Morgan fingerprint density at radius 2 is 2.08 bits per heavy atom. The molecule has 2 amide bonds. The van der Waals surface area contributed by atoms with Gasteiger partial charge in [0.15, 0.2) is 0 Å². The molecule has 0 atom stereocenters. The van der Waals surface area contributed by atoms with E-state index in [1.54, 1.807) is 13.0 Å². The van der Waals surface area contributed by atoms with Crippen molar-refractivity contribution in [2.75, 3.05) is 45.9 Å². The number of furan rings is 1. The van der Waals surface area contributed by atoms with Crippen molar-refractivity contribution in [2.45, 2.75) is 38.6 Å². The summed E-state index contributed by atoms with van der Waals surface area (Å²) in [5.74, 6) is 0.612. The lowest BCUT2D eigenvalue weighted by Crippen LogP contribution is -2.39. The van der Waals surface area contributed by atoms with Crippen molar-refractivity contribution >= 4 is 11.8 Å². The van der Waals surface area contributed by atoms with E-state index in [0.29, 0.717) is 30.8 Å². The van der Waals surface area contributed by atoms with Crippen LogP contribution in [0, 0.1) is 6.92 Å². The standard InChI is InChI=1S/C19H29N3O4/c1-15-17(6-12-26-15)19(24)22(16-3-4-16)9-5-18(23)20-7-2-8-21-10-13-25-14-11-21/h6,12,16H,2-5,7-11,13-14H2,1H3,(H,20,23). The number of nitrogens with one attached hydrogen (secondary N) is 1. The van der Waals surface area contributed by atoms with E-state index in [9.17, 15) is 9.59 Å². The summed E-state index contributed by atoms with van der Waals surface area (Å²) < 4.78 is 10.6. The van der Waals surface area contributed by atoms with Gasteiger partial charge >= 0.3 is 0 Å². The number of hydrogen-bond donors (Lipinski definition) is 1. The summed E-state index contributed by atoms with van der Waals surface area (Å²) in [7, 11) is 0. The number of rotatable bonds is 9. The van der Waals surface area contributed by atoms with Gasteiger partial charge in [0.25, 0.3) is 5.91 Å². The molecule has 1 N–H and O–H groups in total. The summed E-state index contributed by atoms with van der Waals surface area (Å²) in [5.41, 5.74) is 0.600. The van der Waals surface area contributed by atoms with Gasteiger partial charge in [-0.25, -0.2) is 0 Å². The average Bonchev–Trinajstić information content (AvgIpc) is 3.39. The van der Waals surface area contributed by atoms with E-state index in [0.717, 1.165) is 52.1 Å². The molecule has 1 aromatic heterocycles. The third kappa shape index (κ3) is 5.32. The lowest BCUT2D eigenvalue weighted by molar-refractivity contribution is -0.121. The summed E-state index contributed by atoms with van der Waals surface area (Å²) in [6.07, 6.45) is 4.85. The largest absolute Gasteiger partial charge is 0.469 e. The Balaban J connectivity index is 1.36. The predicted octanol–water partition coefficient (Wildman–Crippen LogP) is 1.42. The number of hydrogen-bond acceptors (Lipinski definition) is 5. The zero-order valence-corrected chi connectivity index (χ0v) is 15.5. The van der Waals surface area contributed by atoms with Crippen LogP contribution >= 0.6 is 0 Å². The van der Waals surface area contributed by atoms with E-state index in [-0.39, 0.29) is 17.9 Å². The number of nitrogens with zero attached hydrogens (tertiary/aromatic N) is 2. The van der Waals surface area contributed by atoms with E-state index in [1.165, 1.54) is 6.26 Å². The highest BCUT2D eigenvalue weighted by Gasteiger charge is 2.34. The first-order chi connectivity index (χ1) is 12.6. The summed E-state index contributed by atoms with van der Waals surface area (Å²) in [6, 6.07) is 1.98. The lowest BCUT2D eigenvalue weighted by Gasteiger charge is -2.26. The number of morpholine rings is 1. The molecule has 1 saturated heterocycles. The van der Waals surface area contributed by atoms with Crippen LogP contribution in [-0.2, 0) is 9.53 Å². The van der Waals surface area contributed by atoms with E-state index < -0.39 is 0 Å². The molecular formula is C19H29N3O4. The molecule has 0 radical (unpaired) electrons. The fourth-order valence-corrected chi connectivity index (χ4v) is 3.26. The summed E-state index contributed by atoms with van der Waals surface area (Å²) in [4.78, 5) is 29.0. The topological polar surface area (TPSA) is 75.0 Å². The van der Waals surface area contributed by atoms with Gasteiger partial charge in [-0.2, -0.15) is 0 Å². The Kier molecular flexibility index (Phi) is 6.68. The number of carbonyl (C=O) groups excluding carboxylic acids is 2. The smallest absolute Gasteiger partial charge is 0.257 e. The predicted molar refractivity (Wildman–Crippen MR) is 97.0 cm³/mol. The summed E-state index contributed by atoms with van der Waals surface area (Å²) in [5, 5.41) is 2.97. The fourth-order valence-electron chi connectivity index (χ4n) is 3.26. The van der Waals surface area contributed by atoms with E-state index in [4.69, 9.17) is 9.15 Å². The SMILES string of the molecule is Cc1occc1C(=O)N(CCC(=O)NCCCN1CCOCC1)C1CC1. The maximum Gasteiger partial charge on any atom is 0.257 e. The number of ether oxygens (including phenoxy) is 1. The minimum absolute atomic E-state index is 0.00865. The Hall–Kier alpha value is -1.86. The molecule has 7 nitrogen and oxygen atoms in total. The van der Waals surface area contributed by atoms with Crippen LogP contribution in [0.1, 0.15) is 41.8 Å². The minimum Gasteiger partial charge on any atom is -0.469 e. The van der Waals surface area contributed by atoms with Gasteiger partial charge in [-0.1, -0.05) is 0 Å². The van der Waals surface area contributed by atoms with E-state index in [2.05, 4.69) is 10.2 Å². The van der Waals surface area contributed by atoms with Gasteiger partial charge in [0.1, 0.15) is 5.76 Å². The highest BCUT2D eigenvalue weighted by molar-refractivity contribution is 5.95. The molecule has 26 heavy (non-hydrogen) atoms. The van der Waals surface area contributed by atoms with Crippen LogP contribution in [0.5, 0.6) is 0 Å². The van der Waals surface area contributed by atoms with Crippen molar-refractivity contribution in [1.29, 1.82) is 0 Å². The second kappa shape index (κ2) is 9.19. The first kappa shape index (κ1) is 18.9. The molecule has 3 rings (SSSR count). The zero-order chi connectivity index (χ0) is 18.4. The molecule has 1 aliphatic carbocycles. The van der Waals surface area contributed by atoms with Crippen LogP contribution in [0.4, 0.5) is 0 Å². The molecule has 0 spiro atoms. The lowest BCUT2D eigenvalue weighted by atomic mass is 10.2. The molecule has 2 aliphatic rings. The number of amides is 2. The molecular weight excluding hydrogens is 334 g/mol. The van der Waals surface area contributed by atoms with Gasteiger partial charge in [0.2, 0.25) is 5.91 Å². The molecule has 1 aliphatic heterocycles. The van der Waals surface area contributed by atoms with Gasteiger partial charge in [0.05, 0.1) is 25.0 Å². The van der Waals surface area contributed by atoms with Crippen molar-refractivity contribution in [3.8, 4) is 0 Å². The maximum absolute atomic E-state index is 12.7. The average molecular weight is 363 g/mol. The van der Waals surface area contributed by atoms with Gasteiger partial charge in [-0.3, -0.25) is 14.5 Å². The van der Waals surface area contributed by atoms with Crippen LogP contribution in [0.15, 0.2) is 16.7 Å². The van der Waals surface area contributed by atoms with Crippen molar-refractivity contribution in [3.63, 3.8) is 0 Å². The van der Waals surface area contributed by atoms with Gasteiger partial charge in [-0.05, 0) is 38.8 Å². The second-order valence-electron chi connectivity index (χ2n) is 7.03. The molecule has 0 aromatic carbocycles. The van der Waals surface area contributed by atoms with Crippen molar-refractivity contribution < 1.29 is 18.7 Å². The van der Waals surface area contributed by atoms with Gasteiger partial charge in [-0.15, -0.1) is 0 Å². The molecule has 1 saturated carbocycles. The molecule has 1 aromatic rings. The van der Waals surface area contributed by atoms with Crippen LogP contribution in [0.2, 0.25) is 0 Å². The van der Waals surface area contributed by atoms with Crippen molar-refractivity contribution in [1.82, 2.24) is 15.1 Å². The quantitative estimate of drug-likeness (QED) is 0.672. The molecule has 144 valence electrons. The molecule has 0 bridgehead atoms. The maximum atomic E-state index is 12.7. The third-order valence-electron chi connectivity index (χ3n) is 4.99. The first-order valence-corrected chi connectivity index (χ1v) is 9.57. The Bertz CT molecular complexity index is 606. The Morgan fingerprint density at radius 3 is 2.73 bits per heavy atom. The van der Waals surface area contributed by atoms with Gasteiger partial charge in [0, 0.05) is 38.6 Å². The fraction of sp³-hybridized carbons (Fsp3) is 0.684. The highest BCUT2D eigenvalue weighted by Crippen LogP contribution is 2.29. The van der Waals surface area contributed by atoms with Crippen LogP contribution in [0.3, 0.4) is 0 Å². The number of carbonyl (C=O) groups is 2. The summed E-state index contributed by atoms with van der Waals surface area (Å²) in [6.45, 7) is 7.45. The first-order valence-electron chi connectivity index (χ1n) is 9.57. The minimum atomic E-state index is -0.0288. The Labute approximate surface area is 154 Å². The summed E-state index contributed by atoms with van der Waals surface area (Å²) >= 11 is 0.